The van der Waals surface area contributed by atoms with Gasteiger partial charge >= 0.3 is 0 Å². The molecule has 68 valence electrons. The van der Waals surface area contributed by atoms with Gasteiger partial charge in [0.2, 0.25) is 0 Å². The first kappa shape index (κ1) is 7.35. The number of ether oxygens (including phenoxy) is 1. The van der Waals surface area contributed by atoms with Gasteiger partial charge in [-0.2, -0.15) is 0 Å². The van der Waals surface area contributed by atoms with E-state index in [1.54, 1.807) is 0 Å². The van der Waals surface area contributed by atoms with E-state index in [1.807, 2.05) is 18.2 Å². The summed E-state index contributed by atoms with van der Waals surface area (Å²) in [5.41, 5.74) is 7.83. The Labute approximate surface area is 77.1 Å². The van der Waals surface area contributed by atoms with Gasteiger partial charge < -0.3 is 10.5 Å². The van der Waals surface area contributed by atoms with Crippen molar-refractivity contribution < 1.29 is 4.74 Å². The molecule has 0 spiro atoms. The maximum absolute atomic E-state index is 5.72. The second-order valence-corrected chi connectivity index (χ2v) is 3.61. The van der Waals surface area contributed by atoms with Gasteiger partial charge in [-0.1, -0.05) is 12.1 Å². The number of benzene rings is 1. The summed E-state index contributed by atoms with van der Waals surface area (Å²) < 4.78 is 5.52. The van der Waals surface area contributed by atoms with E-state index in [1.165, 1.54) is 5.56 Å². The zero-order chi connectivity index (χ0) is 8.84. The maximum Gasteiger partial charge on any atom is 0.131 e. The van der Waals surface area contributed by atoms with Gasteiger partial charge in [-0.25, -0.2) is 0 Å². The number of rotatable bonds is 1. The second-order valence-electron chi connectivity index (χ2n) is 3.61. The van der Waals surface area contributed by atoms with E-state index in [0.29, 0.717) is 12.3 Å². The van der Waals surface area contributed by atoms with Gasteiger partial charge in [0, 0.05) is 12.2 Å². The first-order chi connectivity index (χ1) is 6.36. The fourth-order valence-electron chi connectivity index (χ4n) is 2.08. The molecule has 0 aliphatic carbocycles. The van der Waals surface area contributed by atoms with Crippen LogP contribution in [0.5, 0.6) is 0 Å². The first-order valence-electron chi connectivity index (χ1n) is 4.59. The van der Waals surface area contributed by atoms with Crippen molar-refractivity contribution in [2.75, 3.05) is 18.9 Å². The molecule has 2 heterocycles. The van der Waals surface area contributed by atoms with Crippen molar-refractivity contribution in [3.05, 3.63) is 29.8 Å². The minimum Gasteiger partial charge on any atom is -0.399 e. The molecule has 13 heavy (non-hydrogen) atoms. The molecule has 0 aromatic heterocycles. The summed E-state index contributed by atoms with van der Waals surface area (Å²) in [5.74, 6) is 0. The topological polar surface area (TPSA) is 38.3 Å². The maximum atomic E-state index is 5.72. The predicted molar refractivity (Wildman–Crippen MR) is 50.0 cm³/mol. The molecule has 2 aliphatic heterocycles. The van der Waals surface area contributed by atoms with E-state index >= 15 is 0 Å². The molecule has 2 aliphatic rings. The van der Waals surface area contributed by atoms with Crippen molar-refractivity contribution in [3.63, 3.8) is 0 Å². The van der Waals surface area contributed by atoms with Crippen LogP contribution in [0.2, 0.25) is 0 Å². The minimum atomic E-state index is 0.335. The summed E-state index contributed by atoms with van der Waals surface area (Å²) in [6.07, 6.45) is 0.335. The summed E-state index contributed by atoms with van der Waals surface area (Å²) >= 11 is 0. The lowest BCUT2D eigenvalue weighted by Crippen LogP contribution is -2.02. The van der Waals surface area contributed by atoms with Gasteiger partial charge in [0.25, 0.3) is 0 Å². The Bertz CT molecular complexity index is 329. The Balaban J connectivity index is 1.87. The van der Waals surface area contributed by atoms with Crippen LogP contribution in [0, 0.1) is 0 Å². The fraction of sp³-hybridized carbons (Fsp3) is 0.400. The average Bonchev–Trinajstić information content (AvgIpc) is 2.61. The monoisotopic (exact) mass is 176 g/mol. The van der Waals surface area contributed by atoms with E-state index in [9.17, 15) is 0 Å². The SMILES string of the molecule is Nc1cccc(C2C3OCCN32)c1. The summed E-state index contributed by atoms with van der Waals surface area (Å²) in [6.45, 7) is 1.94. The molecule has 2 fully saturated rings. The van der Waals surface area contributed by atoms with Crippen LogP contribution >= 0.6 is 0 Å². The molecular weight excluding hydrogens is 164 g/mol. The number of fused-ring (bicyclic) bond motifs is 1. The van der Waals surface area contributed by atoms with Crippen LogP contribution in [0.15, 0.2) is 24.3 Å². The summed E-state index contributed by atoms with van der Waals surface area (Å²) in [7, 11) is 0. The third-order valence-electron chi connectivity index (χ3n) is 2.75. The van der Waals surface area contributed by atoms with Gasteiger partial charge in [-0.05, 0) is 17.7 Å². The van der Waals surface area contributed by atoms with Crippen LogP contribution in [0.3, 0.4) is 0 Å². The van der Waals surface area contributed by atoms with Crippen LogP contribution in [0.4, 0.5) is 5.69 Å². The van der Waals surface area contributed by atoms with Crippen LogP contribution < -0.4 is 5.73 Å². The third-order valence-corrected chi connectivity index (χ3v) is 2.75. The zero-order valence-electron chi connectivity index (χ0n) is 7.31. The highest BCUT2D eigenvalue weighted by atomic mass is 16.5. The minimum absolute atomic E-state index is 0.335. The Morgan fingerprint density at radius 2 is 2.38 bits per heavy atom. The normalized spacial score (nSPS) is 35.8. The lowest BCUT2D eigenvalue weighted by molar-refractivity contribution is 0.150. The molecular formula is C10H12N2O. The van der Waals surface area contributed by atoms with Crippen molar-refractivity contribution >= 4 is 5.69 Å². The van der Waals surface area contributed by atoms with E-state index in [4.69, 9.17) is 10.5 Å². The Morgan fingerprint density at radius 1 is 1.46 bits per heavy atom. The van der Waals surface area contributed by atoms with Gasteiger partial charge in [0.15, 0.2) is 0 Å². The van der Waals surface area contributed by atoms with Crippen molar-refractivity contribution in [2.45, 2.75) is 12.3 Å². The second kappa shape index (κ2) is 2.47. The number of nitrogen functional groups attached to an aromatic ring is 1. The number of nitrogens with two attached hydrogens (primary N) is 1. The number of nitrogens with zero attached hydrogens (tertiary/aromatic N) is 1. The lowest BCUT2D eigenvalue weighted by atomic mass is 10.1. The van der Waals surface area contributed by atoms with Gasteiger partial charge in [-0.15, -0.1) is 0 Å². The molecule has 0 radical (unpaired) electrons. The molecule has 3 atom stereocenters. The molecule has 3 nitrogen and oxygen atoms in total. The van der Waals surface area contributed by atoms with Gasteiger partial charge in [0.05, 0.1) is 12.6 Å². The van der Waals surface area contributed by atoms with Gasteiger partial charge in [-0.3, -0.25) is 4.90 Å². The number of hydrogen-bond donors (Lipinski definition) is 1. The number of hydrogen-bond acceptors (Lipinski definition) is 3. The Kier molecular flexibility index (Phi) is 1.39. The molecule has 2 saturated heterocycles. The summed E-state index contributed by atoms with van der Waals surface area (Å²) in [5, 5.41) is 0. The first-order valence-corrected chi connectivity index (χ1v) is 4.59. The van der Waals surface area contributed by atoms with Gasteiger partial charge in [0.1, 0.15) is 6.23 Å². The smallest absolute Gasteiger partial charge is 0.131 e. The van der Waals surface area contributed by atoms with Crippen LogP contribution in [0.25, 0.3) is 0 Å². The predicted octanol–water partition coefficient (Wildman–Crippen LogP) is 0.982. The van der Waals surface area contributed by atoms with Crippen molar-refractivity contribution in [1.29, 1.82) is 0 Å². The third kappa shape index (κ3) is 1.04. The van der Waals surface area contributed by atoms with E-state index in [2.05, 4.69) is 11.0 Å². The molecule has 0 saturated carbocycles. The zero-order valence-corrected chi connectivity index (χ0v) is 7.31. The highest BCUT2D eigenvalue weighted by Crippen LogP contribution is 2.46. The molecule has 3 unspecified atom stereocenters. The molecule has 3 heteroatoms. The largest absolute Gasteiger partial charge is 0.399 e. The molecule has 3 rings (SSSR count). The highest BCUT2D eigenvalue weighted by Gasteiger charge is 2.52. The lowest BCUT2D eigenvalue weighted by Gasteiger charge is -2.03. The molecule has 1 aromatic rings. The Hall–Kier alpha value is -1.06. The Morgan fingerprint density at radius 3 is 3.08 bits per heavy atom. The quantitative estimate of drug-likeness (QED) is 0.512. The number of anilines is 1. The molecule has 0 amide bonds. The average molecular weight is 176 g/mol. The van der Waals surface area contributed by atoms with Crippen LogP contribution in [-0.4, -0.2) is 24.3 Å². The highest BCUT2D eigenvalue weighted by molar-refractivity contribution is 5.43. The van der Waals surface area contributed by atoms with E-state index in [0.717, 1.165) is 18.8 Å². The van der Waals surface area contributed by atoms with Crippen LogP contribution in [0.1, 0.15) is 11.6 Å². The van der Waals surface area contributed by atoms with E-state index < -0.39 is 0 Å². The standard InChI is InChI=1S/C10H12N2O/c11-8-3-1-2-7(6-8)9-10-12(9)4-5-13-10/h1-3,6,9-10H,4-5,11H2. The van der Waals surface area contributed by atoms with Crippen molar-refractivity contribution in [1.82, 2.24) is 4.90 Å². The van der Waals surface area contributed by atoms with Crippen molar-refractivity contribution in [2.24, 2.45) is 0 Å². The fourth-order valence-corrected chi connectivity index (χ4v) is 2.08. The van der Waals surface area contributed by atoms with Crippen LogP contribution in [-0.2, 0) is 4.74 Å². The van der Waals surface area contributed by atoms with E-state index in [-0.39, 0.29) is 0 Å². The summed E-state index contributed by atoms with van der Waals surface area (Å²) in [6, 6.07) is 8.53. The number of morpholine rings is 1. The van der Waals surface area contributed by atoms with Crippen molar-refractivity contribution in [3.8, 4) is 0 Å². The summed E-state index contributed by atoms with van der Waals surface area (Å²) in [4.78, 5) is 2.34. The molecule has 2 N–H and O–H groups in total. The molecule has 0 bridgehead atoms. The molecule has 1 aromatic carbocycles.